The van der Waals surface area contributed by atoms with Crippen molar-refractivity contribution in [1.82, 2.24) is 9.97 Å². The van der Waals surface area contributed by atoms with Crippen LogP contribution < -0.4 is 4.74 Å². The lowest BCUT2D eigenvalue weighted by Gasteiger charge is -2.09. The van der Waals surface area contributed by atoms with Gasteiger partial charge in [0.05, 0.1) is 19.9 Å². The van der Waals surface area contributed by atoms with E-state index in [1.54, 1.807) is 24.3 Å². The maximum Gasteiger partial charge on any atom is 0.341 e. The first-order valence-corrected chi connectivity index (χ1v) is 5.79. The normalized spacial score (nSPS) is 10.1. The molecule has 1 aromatic heterocycles. The number of aromatic nitrogens is 2. The summed E-state index contributed by atoms with van der Waals surface area (Å²) in [6.45, 7) is 0. The highest BCUT2D eigenvalue weighted by Gasteiger charge is 2.18. The van der Waals surface area contributed by atoms with Crippen molar-refractivity contribution in [3.8, 4) is 17.3 Å². The number of esters is 1. The van der Waals surface area contributed by atoms with Crippen molar-refractivity contribution >= 4 is 17.6 Å². The topological polar surface area (TPSA) is 61.3 Å². The Morgan fingerprint density at radius 1 is 1.26 bits per heavy atom. The highest BCUT2D eigenvalue weighted by atomic mass is 35.5. The SMILES string of the molecule is COC(=O)c1cnc(OC)nc1-c1ccccc1Cl. The summed E-state index contributed by atoms with van der Waals surface area (Å²) in [5, 5.41) is 0.480. The van der Waals surface area contributed by atoms with Gasteiger partial charge in [-0.2, -0.15) is 4.98 Å². The van der Waals surface area contributed by atoms with Crippen LogP contribution in [0.3, 0.4) is 0 Å². The molecule has 0 unspecified atom stereocenters. The average molecular weight is 279 g/mol. The third-order valence-electron chi connectivity index (χ3n) is 2.48. The Morgan fingerprint density at radius 3 is 2.63 bits per heavy atom. The van der Waals surface area contributed by atoms with Crippen LogP contribution in [-0.4, -0.2) is 30.2 Å². The number of methoxy groups -OCH3 is 2. The molecule has 5 nitrogen and oxygen atoms in total. The smallest absolute Gasteiger partial charge is 0.341 e. The van der Waals surface area contributed by atoms with Crippen LogP contribution in [0.15, 0.2) is 30.5 Å². The molecule has 0 atom stereocenters. The van der Waals surface area contributed by atoms with E-state index in [1.807, 2.05) is 0 Å². The van der Waals surface area contributed by atoms with Gasteiger partial charge in [0.15, 0.2) is 0 Å². The van der Waals surface area contributed by atoms with Crippen molar-refractivity contribution in [3.05, 3.63) is 41.0 Å². The Kier molecular flexibility index (Phi) is 3.97. The average Bonchev–Trinajstić information content (AvgIpc) is 2.46. The zero-order valence-electron chi connectivity index (χ0n) is 10.4. The minimum atomic E-state index is -0.530. The lowest BCUT2D eigenvalue weighted by molar-refractivity contribution is 0.0600. The van der Waals surface area contributed by atoms with Gasteiger partial charge in [0.25, 0.3) is 0 Å². The molecule has 1 heterocycles. The summed E-state index contributed by atoms with van der Waals surface area (Å²) >= 11 is 6.12. The number of halogens is 1. The first-order chi connectivity index (χ1) is 9.17. The summed E-state index contributed by atoms with van der Waals surface area (Å²) in [5.41, 5.74) is 1.23. The van der Waals surface area contributed by atoms with Crippen LogP contribution in [0.2, 0.25) is 5.02 Å². The van der Waals surface area contributed by atoms with Crippen molar-refractivity contribution in [2.24, 2.45) is 0 Å². The molecule has 0 bridgehead atoms. The Labute approximate surface area is 115 Å². The van der Waals surface area contributed by atoms with Crippen molar-refractivity contribution in [3.63, 3.8) is 0 Å². The van der Waals surface area contributed by atoms with E-state index >= 15 is 0 Å². The minimum Gasteiger partial charge on any atom is -0.467 e. The molecular formula is C13H11ClN2O3. The van der Waals surface area contributed by atoms with E-state index in [9.17, 15) is 4.79 Å². The first kappa shape index (κ1) is 13.3. The Balaban J connectivity index is 2.65. The molecule has 6 heteroatoms. The Hall–Kier alpha value is -2.14. The molecule has 0 aliphatic carbocycles. The molecule has 0 amide bonds. The Bertz CT molecular complexity index is 617. The van der Waals surface area contributed by atoms with E-state index in [2.05, 4.69) is 9.97 Å². The van der Waals surface area contributed by atoms with Gasteiger partial charge in [0.1, 0.15) is 5.56 Å². The standard InChI is InChI=1S/C13H11ClN2O3/c1-18-12(17)9-7-15-13(19-2)16-11(9)8-5-3-4-6-10(8)14/h3-7H,1-2H3. The highest BCUT2D eigenvalue weighted by molar-refractivity contribution is 6.33. The van der Waals surface area contributed by atoms with Gasteiger partial charge in [0, 0.05) is 16.8 Å². The van der Waals surface area contributed by atoms with Crippen molar-refractivity contribution in [2.75, 3.05) is 14.2 Å². The van der Waals surface area contributed by atoms with Gasteiger partial charge in [-0.05, 0) is 6.07 Å². The molecule has 0 aliphatic heterocycles. The quantitative estimate of drug-likeness (QED) is 0.808. The maximum atomic E-state index is 11.7. The molecular weight excluding hydrogens is 268 g/mol. The number of ether oxygens (including phenoxy) is 2. The fourth-order valence-electron chi connectivity index (χ4n) is 1.58. The minimum absolute atomic E-state index is 0.155. The summed E-state index contributed by atoms with van der Waals surface area (Å²) in [5.74, 6) is -0.530. The number of carbonyl (C=O) groups excluding carboxylic acids is 1. The molecule has 2 rings (SSSR count). The summed E-state index contributed by atoms with van der Waals surface area (Å²) in [7, 11) is 2.74. The molecule has 0 radical (unpaired) electrons. The molecule has 0 N–H and O–H groups in total. The van der Waals surface area contributed by atoms with Crippen LogP contribution in [0.25, 0.3) is 11.3 Å². The maximum absolute atomic E-state index is 11.7. The molecule has 0 saturated heterocycles. The molecule has 0 spiro atoms. The largest absolute Gasteiger partial charge is 0.467 e. The van der Waals surface area contributed by atoms with Crippen LogP contribution in [0.4, 0.5) is 0 Å². The molecule has 1 aromatic carbocycles. The lowest BCUT2D eigenvalue weighted by atomic mass is 10.1. The molecule has 19 heavy (non-hydrogen) atoms. The van der Waals surface area contributed by atoms with Crippen molar-refractivity contribution in [1.29, 1.82) is 0 Å². The predicted molar refractivity (Wildman–Crippen MR) is 70.4 cm³/mol. The zero-order chi connectivity index (χ0) is 13.8. The van der Waals surface area contributed by atoms with E-state index in [0.717, 1.165) is 0 Å². The number of carbonyl (C=O) groups is 1. The van der Waals surface area contributed by atoms with Crippen LogP contribution in [-0.2, 0) is 4.74 Å². The van der Waals surface area contributed by atoms with Gasteiger partial charge in [-0.15, -0.1) is 0 Å². The number of nitrogens with zero attached hydrogens (tertiary/aromatic N) is 2. The zero-order valence-corrected chi connectivity index (χ0v) is 11.1. The second-order valence-corrected chi connectivity index (χ2v) is 4.00. The van der Waals surface area contributed by atoms with Crippen LogP contribution in [0.1, 0.15) is 10.4 Å². The van der Waals surface area contributed by atoms with Crippen molar-refractivity contribution in [2.45, 2.75) is 0 Å². The van der Waals surface area contributed by atoms with E-state index in [0.29, 0.717) is 16.3 Å². The number of hydrogen-bond donors (Lipinski definition) is 0. The second-order valence-electron chi connectivity index (χ2n) is 3.59. The molecule has 98 valence electrons. The third-order valence-corrected chi connectivity index (χ3v) is 2.81. The summed E-state index contributed by atoms with van der Waals surface area (Å²) < 4.78 is 9.68. The van der Waals surface area contributed by atoms with Crippen molar-refractivity contribution < 1.29 is 14.3 Å². The third kappa shape index (κ3) is 2.66. The fraction of sp³-hybridized carbons (Fsp3) is 0.154. The summed E-state index contributed by atoms with van der Waals surface area (Å²) in [4.78, 5) is 19.8. The number of benzene rings is 1. The Morgan fingerprint density at radius 2 is 2.00 bits per heavy atom. The summed E-state index contributed by atoms with van der Waals surface area (Å²) in [6, 6.07) is 7.23. The van der Waals surface area contributed by atoms with Crippen LogP contribution >= 0.6 is 11.6 Å². The first-order valence-electron chi connectivity index (χ1n) is 5.41. The van der Waals surface area contributed by atoms with Crippen LogP contribution in [0, 0.1) is 0 Å². The fourth-order valence-corrected chi connectivity index (χ4v) is 1.81. The van der Waals surface area contributed by atoms with Gasteiger partial charge in [-0.3, -0.25) is 0 Å². The van der Waals surface area contributed by atoms with Gasteiger partial charge >= 0.3 is 12.0 Å². The van der Waals surface area contributed by atoms with Gasteiger partial charge in [-0.1, -0.05) is 29.8 Å². The van der Waals surface area contributed by atoms with Gasteiger partial charge in [0.2, 0.25) is 0 Å². The number of hydrogen-bond acceptors (Lipinski definition) is 5. The van der Waals surface area contributed by atoms with E-state index in [4.69, 9.17) is 21.1 Å². The van der Waals surface area contributed by atoms with E-state index in [1.165, 1.54) is 20.4 Å². The monoisotopic (exact) mass is 278 g/mol. The van der Waals surface area contributed by atoms with Crippen LogP contribution in [0.5, 0.6) is 6.01 Å². The number of rotatable bonds is 3. The van der Waals surface area contributed by atoms with E-state index in [-0.39, 0.29) is 11.6 Å². The van der Waals surface area contributed by atoms with E-state index < -0.39 is 5.97 Å². The second kappa shape index (κ2) is 5.67. The lowest BCUT2D eigenvalue weighted by Crippen LogP contribution is -2.07. The van der Waals surface area contributed by atoms with Gasteiger partial charge < -0.3 is 9.47 Å². The summed E-state index contributed by atoms with van der Waals surface area (Å²) in [6.07, 6.45) is 1.36. The molecule has 0 aliphatic rings. The highest BCUT2D eigenvalue weighted by Crippen LogP contribution is 2.29. The predicted octanol–water partition coefficient (Wildman–Crippen LogP) is 2.59. The van der Waals surface area contributed by atoms with Gasteiger partial charge in [-0.25, -0.2) is 9.78 Å². The molecule has 0 fully saturated rings. The molecule has 2 aromatic rings. The molecule has 0 saturated carbocycles.